The first-order chi connectivity index (χ1) is 13.3. The fourth-order valence-electron chi connectivity index (χ4n) is 3.38. The minimum Gasteiger partial charge on any atom is -0.383 e. The predicted octanol–water partition coefficient (Wildman–Crippen LogP) is 1.76. The van der Waals surface area contributed by atoms with Gasteiger partial charge in [-0.1, -0.05) is 18.2 Å². The average Bonchev–Trinajstić information content (AvgIpc) is 2.74. The number of para-hydroxylation sites is 1. The molecular formula is C20H23N5O2. The van der Waals surface area contributed by atoms with Crippen LogP contribution in [-0.2, 0) is 11.3 Å². The van der Waals surface area contributed by atoms with Crippen molar-refractivity contribution in [2.45, 2.75) is 6.54 Å². The molecule has 4 rings (SSSR count). The molecule has 0 N–H and O–H groups in total. The van der Waals surface area contributed by atoms with E-state index in [1.807, 2.05) is 12.1 Å². The highest BCUT2D eigenvalue weighted by molar-refractivity contribution is 5.77. The summed E-state index contributed by atoms with van der Waals surface area (Å²) in [7, 11) is 1.62. The van der Waals surface area contributed by atoms with Crippen molar-refractivity contribution in [1.29, 1.82) is 0 Å². The Morgan fingerprint density at radius 2 is 1.78 bits per heavy atom. The van der Waals surface area contributed by atoms with E-state index in [9.17, 15) is 4.79 Å². The van der Waals surface area contributed by atoms with Gasteiger partial charge in [-0.25, -0.2) is 9.97 Å². The summed E-state index contributed by atoms with van der Waals surface area (Å²) in [6, 6.07) is 12.3. The van der Waals surface area contributed by atoms with Crippen LogP contribution >= 0.6 is 0 Å². The Hall–Kier alpha value is -2.93. The van der Waals surface area contributed by atoms with Gasteiger partial charge in [-0.15, -0.1) is 0 Å². The molecule has 3 aromatic rings. The Kier molecular flexibility index (Phi) is 5.02. The second kappa shape index (κ2) is 7.75. The van der Waals surface area contributed by atoms with E-state index >= 15 is 0 Å². The highest BCUT2D eigenvalue weighted by Crippen LogP contribution is 2.19. The molecular weight excluding hydrogens is 342 g/mol. The monoisotopic (exact) mass is 365 g/mol. The summed E-state index contributed by atoms with van der Waals surface area (Å²) in [4.78, 5) is 26.2. The topological polar surface area (TPSA) is 63.5 Å². The highest BCUT2D eigenvalue weighted by atomic mass is 16.5. The number of methoxy groups -OCH3 is 1. The maximum Gasteiger partial charge on any atom is 0.261 e. The van der Waals surface area contributed by atoms with Gasteiger partial charge < -0.3 is 19.1 Å². The van der Waals surface area contributed by atoms with E-state index in [-0.39, 0.29) is 5.56 Å². The van der Waals surface area contributed by atoms with Gasteiger partial charge in [0.15, 0.2) is 0 Å². The van der Waals surface area contributed by atoms with E-state index in [1.54, 1.807) is 24.1 Å². The summed E-state index contributed by atoms with van der Waals surface area (Å²) in [5, 5.41) is 0.542. The third kappa shape index (κ3) is 3.64. The van der Waals surface area contributed by atoms with Crippen LogP contribution in [0.3, 0.4) is 0 Å². The zero-order valence-corrected chi connectivity index (χ0v) is 15.4. The lowest BCUT2D eigenvalue weighted by Crippen LogP contribution is -2.47. The number of aromatic nitrogens is 3. The van der Waals surface area contributed by atoms with Crippen molar-refractivity contribution in [3.63, 3.8) is 0 Å². The molecule has 0 unspecified atom stereocenters. The quantitative estimate of drug-likeness (QED) is 0.687. The molecule has 0 radical (unpaired) electrons. The SMILES string of the molecule is COCCn1ccc2nc(N3CCN(c4ccccc4)CC3)ncc2c1=O. The van der Waals surface area contributed by atoms with Crippen molar-refractivity contribution in [3.05, 3.63) is 59.1 Å². The first-order valence-electron chi connectivity index (χ1n) is 9.16. The Labute approximate surface area is 157 Å². The number of anilines is 2. The predicted molar refractivity (Wildman–Crippen MR) is 107 cm³/mol. The van der Waals surface area contributed by atoms with Gasteiger partial charge in [-0.2, -0.15) is 0 Å². The Morgan fingerprint density at radius 3 is 2.52 bits per heavy atom. The van der Waals surface area contributed by atoms with E-state index in [2.05, 4.69) is 44.0 Å². The molecule has 0 bridgehead atoms. The number of hydrogen-bond acceptors (Lipinski definition) is 6. The third-order valence-corrected chi connectivity index (χ3v) is 4.93. The Bertz CT molecular complexity index is 965. The summed E-state index contributed by atoms with van der Waals surface area (Å²) in [5.41, 5.74) is 1.85. The van der Waals surface area contributed by atoms with Crippen LogP contribution in [0, 0.1) is 0 Å². The lowest BCUT2D eigenvalue weighted by atomic mass is 10.2. The van der Waals surface area contributed by atoms with Gasteiger partial charge in [0, 0.05) is 57.9 Å². The number of hydrogen-bond donors (Lipinski definition) is 0. The number of nitrogens with zero attached hydrogens (tertiary/aromatic N) is 5. The third-order valence-electron chi connectivity index (χ3n) is 4.93. The van der Waals surface area contributed by atoms with Gasteiger partial charge >= 0.3 is 0 Å². The standard InChI is InChI=1S/C20H23N5O2/c1-27-14-13-24-8-7-18-17(19(24)26)15-21-20(22-18)25-11-9-23(10-12-25)16-5-3-2-4-6-16/h2-8,15H,9-14H2,1H3. The molecule has 2 aromatic heterocycles. The van der Waals surface area contributed by atoms with E-state index in [4.69, 9.17) is 4.74 Å². The molecule has 7 heteroatoms. The summed E-state index contributed by atoms with van der Waals surface area (Å²) in [5.74, 6) is 0.684. The van der Waals surface area contributed by atoms with Crippen LogP contribution in [0.1, 0.15) is 0 Å². The van der Waals surface area contributed by atoms with Crippen LogP contribution in [0.4, 0.5) is 11.6 Å². The molecule has 0 spiro atoms. The molecule has 3 heterocycles. The van der Waals surface area contributed by atoms with Crippen LogP contribution in [0.2, 0.25) is 0 Å². The van der Waals surface area contributed by atoms with Gasteiger partial charge in [-0.3, -0.25) is 4.79 Å². The smallest absolute Gasteiger partial charge is 0.261 e. The maximum atomic E-state index is 12.5. The van der Waals surface area contributed by atoms with Gasteiger partial charge in [0.25, 0.3) is 5.56 Å². The molecule has 1 saturated heterocycles. The molecule has 1 fully saturated rings. The molecule has 140 valence electrons. The molecule has 1 aliphatic rings. The fourth-order valence-corrected chi connectivity index (χ4v) is 3.38. The Morgan fingerprint density at radius 1 is 1.04 bits per heavy atom. The molecule has 0 saturated carbocycles. The number of benzene rings is 1. The Balaban J connectivity index is 1.51. The zero-order valence-electron chi connectivity index (χ0n) is 15.4. The van der Waals surface area contributed by atoms with Crippen molar-refractivity contribution in [2.24, 2.45) is 0 Å². The van der Waals surface area contributed by atoms with Gasteiger partial charge in [-0.05, 0) is 18.2 Å². The molecule has 0 amide bonds. The highest BCUT2D eigenvalue weighted by Gasteiger charge is 2.19. The second-order valence-electron chi connectivity index (χ2n) is 6.59. The van der Waals surface area contributed by atoms with Crippen LogP contribution in [0.25, 0.3) is 10.9 Å². The molecule has 7 nitrogen and oxygen atoms in total. The first-order valence-corrected chi connectivity index (χ1v) is 9.16. The molecule has 0 atom stereocenters. The van der Waals surface area contributed by atoms with E-state index in [0.29, 0.717) is 30.0 Å². The normalized spacial score (nSPS) is 14.7. The van der Waals surface area contributed by atoms with Crippen molar-refractivity contribution >= 4 is 22.5 Å². The van der Waals surface area contributed by atoms with Crippen molar-refractivity contribution in [2.75, 3.05) is 49.7 Å². The van der Waals surface area contributed by atoms with Gasteiger partial charge in [0.05, 0.1) is 17.5 Å². The fraction of sp³-hybridized carbons (Fsp3) is 0.350. The molecule has 1 aromatic carbocycles. The molecule has 27 heavy (non-hydrogen) atoms. The maximum absolute atomic E-state index is 12.5. The van der Waals surface area contributed by atoms with Crippen molar-refractivity contribution < 1.29 is 4.74 Å². The van der Waals surface area contributed by atoms with Gasteiger partial charge in [0.2, 0.25) is 5.95 Å². The average molecular weight is 365 g/mol. The summed E-state index contributed by atoms with van der Waals surface area (Å²) in [6.45, 7) is 4.56. The van der Waals surface area contributed by atoms with Crippen LogP contribution in [-0.4, -0.2) is 54.4 Å². The second-order valence-corrected chi connectivity index (χ2v) is 6.59. The van der Waals surface area contributed by atoms with Crippen molar-refractivity contribution in [3.8, 4) is 0 Å². The molecule has 1 aliphatic heterocycles. The van der Waals surface area contributed by atoms with E-state index in [1.165, 1.54) is 5.69 Å². The lowest BCUT2D eigenvalue weighted by molar-refractivity contribution is 0.186. The number of pyridine rings is 1. The minimum atomic E-state index is -0.0787. The first kappa shape index (κ1) is 17.5. The number of rotatable bonds is 5. The number of ether oxygens (including phenoxy) is 1. The summed E-state index contributed by atoms with van der Waals surface area (Å²) >= 11 is 0. The van der Waals surface area contributed by atoms with Crippen molar-refractivity contribution in [1.82, 2.24) is 14.5 Å². The van der Waals surface area contributed by atoms with Crippen LogP contribution in [0.5, 0.6) is 0 Å². The number of fused-ring (bicyclic) bond motifs is 1. The van der Waals surface area contributed by atoms with E-state index < -0.39 is 0 Å². The van der Waals surface area contributed by atoms with Gasteiger partial charge in [0.1, 0.15) is 0 Å². The van der Waals surface area contributed by atoms with Crippen LogP contribution < -0.4 is 15.4 Å². The zero-order chi connectivity index (χ0) is 18.6. The number of piperazine rings is 1. The largest absolute Gasteiger partial charge is 0.383 e. The van der Waals surface area contributed by atoms with Crippen LogP contribution in [0.15, 0.2) is 53.6 Å². The lowest BCUT2D eigenvalue weighted by Gasteiger charge is -2.36. The molecule has 0 aliphatic carbocycles. The minimum absolute atomic E-state index is 0.0787. The van der Waals surface area contributed by atoms with E-state index in [0.717, 1.165) is 26.2 Å². The summed E-state index contributed by atoms with van der Waals surface area (Å²) in [6.07, 6.45) is 3.42. The summed E-state index contributed by atoms with van der Waals surface area (Å²) < 4.78 is 6.68.